The summed E-state index contributed by atoms with van der Waals surface area (Å²) in [5.74, 6) is -0.435. The van der Waals surface area contributed by atoms with Crippen LogP contribution in [0.25, 0.3) is 5.00 Å². The molecule has 0 saturated carbocycles. The van der Waals surface area contributed by atoms with Gasteiger partial charge in [-0.15, -0.1) is 11.3 Å². The number of anilines is 1. The summed E-state index contributed by atoms with van der Waals surface area (Å²) < 4.78 is 16.7. The molecule has 6 rings (SSSR count). The van der Waals surface area contributed by atoms with Crippen molar-refractivity contribution in [3.63, 3.8) is 0 Å². The number of amides is 2. The van der Waals surface area contributed by atoms with E-state index in [4.69, 9.17) is 0 Å². The minimum Gasteiger partial charge on any atom is -0.310 e. The van der Waals surface area contributed by atoms with Gasteiger partial charge in [0.2, 0.25) is 0 Å². The number of hydrogen-bond donors (Lipinski definition) is 1. The van der Waals surface area contributed by atoms with Crippen molar-refractivity contribution < 1.29 is 9.18 Å². The predicted molar refractivity (Wildman–Crippen MR) is 134 cm³/mol. The maximum absolute atomic E-state index is 14.4. The summed E-state index contributed by atoms with van der Waals surface area (Å²) >= 11 is 1.86. The fourth-order valence-electron chi connectivity index (χ4n) is 5.33. The van der Waals surface area contributed by atoms with Gasteiger partial charge < -0.3 is 14.8 Å². The molecule has 0 bridgehead atoms. The maximum atomic E-state index is 14.4. The Balaban J connectivity index is 1.51. The summed E-state index contributed by atoms with van der Waals surface area (Å²) in [4.78, 5) is 17.1. The van der Waals surface area contributed by atoms with E-state index in [1.165, 1.54) is 39.9 Å². The van der Waals surface area contributed by atoms with E-state index >= 15 is 0 Å². The molecule has 0 saturated heterocycles. The van der Waals surface area contributed by atoms with Crippen molar-refractivity contribution in [1.82, 2.24) is 9.47 Å². The van der Waals surface area contributed by atoms with Gasteiger partial charge in [-0.3, -0.25) is 0 Å². The molecule has 1 atom stereocenters. The molecule has 6 heteroatoms. The summed E-state index contributed by atoms with van der Waals surface area (Å²) in [5.41, 5.74) is 6.07. The first-order chi connectivity index (χ1) is 16.6. The summed E-state index contributed by atoms with van der Waals surface area (Å²) in [7, 11) is 0. The number of halogens is 1. The molecule has 4 aromatic rings. The van der Waals surface area contributed by atoms with Crippen LogP contribution in [-0.4, -0.2) is 15.5 Å². The molecule has 1 aliphatic carbocycles. The smallest absolute Gasteiger partial charge is 0.310 e. The Morgan fingerprint density at radius 3 is 2.74 bits per heavy atom. The minimum absolute atomic E-state index is 0.197. The molecule has 2 amide bonds. The molecular formula is C28H26FN3OS. The van der Waals surface area contributed by atoms with Crippen molar-refractivity contribution in [2.45, 2.75) is 45.2 Å². The zero-order valence-electron chi connectivity index (χ0n) is 19.1. The summed E-state index contributed by atoms with van der Waals surface area (Å²) in [6.07, 6.45) is 6.66. The molecule has 1 N–H and O–H groups in total. The van der Waals surface area contributed by atoms with Crippen LogP contribution in [0.1, 0.15) is 51.7 Å². The average Bonchev–Trinajstić information content (AvgIpc) is 3.42. The van der Waals surface area contributed by atoms with Crippen LogP contribution in [0.15, 0.2) is 66.9 Å². The fraction of sp³-hybridized carbons (Fsp3) is 0.250. The van der Waals surface area contributed by atoms with Crippen molar-refractivity contribution in [2.24, 2.45) is 0 Å². The van der Waals surface area contributed by atoms with Gasteiger partial charge in [-0.25, -0.2) is 9.18 Å². The molecule has 34 heavy (non-hydrogen) atoms. The van der Waals surface area contributed by atoms with E-state index in [-0.39, 0.29) is 17.8 Å². The highest BCUT2D eigenvalue weighted by Gasteiger charge is 2.36. The molecule has 2 aromatic carbocycles. The number of hydrogen-bond acceptors (Lipinski definition) is 2. The molecule has 0 spiro atoms. The molecule has 4 nitrogen and oxygen atoms in total. The standard InChI is InChI=1S/C28H26FN3OS/c1-18-8-6-9-19(16-18)26-24-13-7-15-31(24)27-21(20-10-2-5-14-25(20)34-27)17-32(26)28(33)30-23-12-4-3-11-22(23)29/h3-4,6-9,11-13,15-16,26H,2,5,10,14,17H2,1H3,(H,30,33)/t26-/m1/s1. The number of aryl methyl sites for hydroxylation is 2. The Morgan fingerprint density at radius 1 is 1.03 bits per heavy atom. The third-order valence-corrected chi connectivity index (χ3v) is 8.25. The summed E-state index contributed by atoms with van der Waals surface area (Å²) in [5, 5.41) is 4.07. The van der Waals surface area contributed by atoms with E-state index in [0.29, 0.717) is 6.54 Å². The van der Waals surface area contributed by atoms with Crippen molar-refractivity contribution in [2.75, 3.05) is 5.32 Å². The lowest BCUT2D eigenvalue weighted by Gasteiger charge is -2.31. The van der Waals surface area contributed by atoms with Crippen molar-refractivity contribution in [1.29, 1.82) is 0 Å². The first-order valence-corrected chi connectivity index (χ1v) is 12.6. The normalized spacial score (nSPS) is 16.9. The lowest BCUT2D eigenvalue weighted by molar-refractivity contribution is 0.194. The van der Waals surface area contributed by atoms with Crippen LogP contribution in [0.5, 0.6) is 0 Å². The molecule has 2 aliphatic rings. The van der Waals surface area contributed by atoms with Gasteiger partial charge >= 0.3 is 6.03 Å². The number of fused-ring (bicyclic) bond motifs is 5. The van der Waals surface area contributed by atoms with Gasteiger partial charge in [0.25, 0.3) is 0 Å². The van der Waals surface area contributed by atoms with Gasteiger partial charge in [0.15, 0.2) is 0 Å². The van der Waals surface area contributed by atoms with Crippen LogP contribution in [0.3, 0.4) is 0 Å². The summed E-state index contributed by atoms with van der Waals surface area (Å²) in [6, 6.07) is 18.2. The van der Waals surface area contributed by atoms with Gasteiger partial charge in [-0.05, 0) is 68.0 Å². The minimum atomic E-state index is -0.435. The molecule has 3 heterocycles. The second kappa shape index (κ2) is 8.44. The van der Waals surface area contributed by atoms with Gasteiger partial charge in [0.05, 0.1) is 24.0 Å². The van der Waals surface area contributed by atoms with E-state index in [2.05, 4.69) is 53.3 Å². The monoisotopic (exact) mass is 471 g/mol. The van der Waals surface area contributed by atoms with Crippen molar-refractivity contribution in [3.05, 3.63) is 106 Å². The second-order valence-corrected chi connectivity index (χ2v) is 10.2. The maximum Gasteiger partial charge on any atom is 0.323 e. The first kappa shape index (κ1) is 21.2. The molecule has 0 fully saturated rings. The van der Waals surface area contributed by atoms with E-state index in [9.17, 15) is 9.18 Å². The highest BCUT2D eigenvalue weighted by Crippen LogP contribution is 2.44. The topological polar surface area (TPSA) is 37.3 Å². The zero-order chi connectivity index (χ0) is 23.2. The van der Waals surface area contributed by atoms with Crippen LogP contribution in [0.4, 0.5) is 14.9 Å². The second-order valence-electron chi connectivity index (χ2n) is 9.15. The molecule has 1 aliphatic heterocycles. The number of rotatable bonds is 2. The molecule has 0 radical (unpaired) electrons. The zero-order valence-corrected chi connectivity index (χ0v) is 19.9. The Hall–Kier alpha value is -3.38. The third-order valence-electron chi connectivity index (χ3n) is 6.91. The van der Waals surface area contributed by atoms with Crippen LogP contribution < -0.4 is 5.32 Å². The number of carbonyl (C=O) groups is 1. The fourth-order valence-corrected chi connectivity index (χ4v) is 6.73. The van der Waals surface area contributed by atoms with Gasteiger partial charge in [0.1, 0.15) is 10.8 Å². The van der Waals surface area contributed by atoms with Gasteiger partial charge in [0, 0.05) is 16.6 Å². The predicted octanol–water partition coefficient (Wildman–Crippen LogP) is 7.00. The molecular weight excluding hydrogens is 445 g/mol. The lowest BCUT2D eigenvalue weighted by Crippen LogP contribution is -2.38. The van der Waals surface area contributed by atoms with Crippen LogP contribution in [0, 0.1) is 12.7 Å². The summed E-state index contributed by atoms with van der Waals surface area (Å²) in [6.45, 7) is 2.55. The van der Waals surface area contributed by atoms with Crippen molar-refractivity contribution in [3.8, 4) is 5.00 Å². The largest absolute Gasteiger partial charge is 0.323 e. The lowest BCUT2D eigenvalue weighted by atomic mass is 9.95. The number of thiophene rings is 1. The number of benzene rings is 2. The first-order valence-electron chi connectivity index (χ1n) is 11.8. The highest BCUT2D eigenvalue weighted by atomic mass is 32.1. The Labute approximate surface area is 202 Å². The highest BCUT2D eigenvalue weighted by molar-refractivity contribution is 7.15. The number of nitrogens with one attached hydrogen (secondary N) is 1. The van der Waals surface area contributed by atoms with E-state index in [1.54, 1.807) is 18.2 Å². The number of aromatic nitrogens is 1. The van der Waals surface area contributed by atoms with Crippen LogP contribution in [-0.2, 0) is 19.4 Å². The Morgan fingerprint density at radius 2 is 1.88 bits per heavy atom. The Kier molecular flexibility index (Phi) is 5.26. The van der Waals surface area contributed by atoms with E-state index in [1.807, 2.05) is 22.3 Å². The quantitative estimate of drug-likeness (QED) is 0.336. The van der Waals surface area contributed by atoms with Crippen LogP contribution >= 0.6 is 11.3 Å². The third kappa shape index (κ3) is 3.53. The number of urea groups is 1. The van der Waals surface area contributed by atoms with Crippen molar-refractivity contribution >= 4 is 23.1 Å². The molecule has 172 valence electrons. The van der Waals surface area contributed by atoms with E-state index in [0.717, 1.165) is 29.7 Å². The van der Waals surface area contributed by atoms with Gasteiger partial charge in [-0.1, -0.05) is 42.0 Å². The molecule has 0 unspecified atom stereocenters. The van der Waals surface area contributed by atoms with Crippen LogP contribution in [0.2, 0.25) is 0 Å². The van der Waals surface area contributed by atoms with Gasteiger partial charge in [-0.2, -0.15) is 0 Å². The van der Waals surface area contributed by atoms with E-state index < -0.39 is 5.82 Å². The Bertz CT molecular complexity index is 1390. The SMILES string of the molecule is Cc1cccc([C@@H]2c3cccn3-c3sc4c(c3CN2C(=O)Nc2ccccc2F)CCCC4)c1. The number of nitrogens with zero attached hydrogens (tertiary/aromatic N) is 2. The average molecular weight is 472 g/mol. The molecule has 2 aromatic heterocycles. The number of carbonyl (C=O) groups excluding carboxylic acids is 1. The number of para-hydroxylation sites is 1.